The molecule has 0 saturated heterocycles. The summed E-state index contributed by atoms with van der Waals surface area (Å²) in [7, 11) is 0. The van der Waals surface area contributed by atoms with Crippen molar-refractivity contribution in [2.24, 2.45) is 35.5 Å². The largest absolute Gasteiger partial charge is 0.379 e. The maximum Gasteiger partial charge on any atom is 0.135 e. The Kier molecular flexibility index (Phi) is 30.0. The highest BCUT2D eigenvalue weighted by atomic mass is 16.5. The summed E-state index contributed by atoms with van der Waals surface area (Å²) in [5.41, 5.74) is 0. The highest BCUT2D eigenvalue weighted by Gasteiger charge is 2.12. The van der Waals surface area contributed by atoms with Gasteiger partial charge in [-0.1, -0.05) is 83.1 Å². The Morgan fingerprint density at radius 1 is 0.474 bits per heavy atom. The molecule has 0 aromatic rings. The van der Waals surface area contributed by atoms with Crippen LogP contribution in [-0.2, 0) is 23.9 Å². The minimum Gasteiger partial charge on any atom is -0.379 e. The van der Waals surface area contributed by atoms with E-state index in [1.807, 2.05) is 27.7 Å². The van der Waals surface area contributed by atoms with Crippen LogP contribution in [-0.4, -0.2) is 43.8 Å². The molecule has 0 spiro atoms. The van der Waals surface area contributed by atoms with Crippen molar-refractivity contribution in [3.05, 3.63) is 0 Å². The number of hydrogen-bond acceptors (Lipinski definition) is 5. The standard InChI is InChI=1S/C14H24O3.C12H26O2.C7H16/c1-10(2)9-13(16)6-5-12(15)7-8-14(17)11(3)4;1-11(2)5-7-13-9-10-14-8-6-12(3)4;1-6(2)5-7(3)4/h10-11H,5-9H2,1-4H3;11-12H,5-10H2,1-4H3;6-7H,5H2,1-4H3. The molecule has 5 nitrogen and oxygen atoms in total. The molecule has 0 radical (unpaired) electrons. The Labute approximate surface area is 237 Å². The third-order valence-electron chi connectivity index (χ3n) is 5.61. The normalized spacial score (nSPS) is 11.2. The second-order valence-corrected chi connectivity index (χ2v) is 12.9. The molecular weight excluding hydrogens is 476 g/mol. The van der Waals surface area contributed by atoms with Crippen LogP contribution in [0.5, 0.6) is 0 Å². The van der Waals surface area contributed by atoms with Crippen molar-refractivity contribution in [3.8, 4) is 0 Å². The Balaban J connectivity index is -0.000000524. The van der Waals surface area contributed by atoms with E-state index in [9.17, 15) is 14.4 Å². The van der Waals surface area contributed by atoms with E-state index in [-0.39, 0.29) is 36.1 Å². The second-order valence-electron chi connectivity index (χ2n) is 12.9. The molecule has 0 aliphatic rings. The van der Waals surface area contributed by atoms with E-state index >= 15 is 0 Å². The topological polar surface area (TPSA) is 69.7 Å². The summed E-state index contributed by atoms with van der Waals surface area (Å²) in [5, 5.41) is 0. The van der Waals surface area contributed by atoms with Gasteiger partial charge in [-0.15, -0.1) is 0 Å². The van der Waals surface area contributed by atoms with Gasteiger partial charge >= 0.3 is 0 Å². The molecule has 38 heavy (non-hydrogen) atoms. The van der Waals surface area contributed by atoms with Crippen LogP contribution >= 0.6 is 0 Å². The maximum atomic E-state index is 11.5. The summed E-state index contributed by atoms with van der Waals surface area (Å²) in [6, 6.07) is 0. The maximum absolute atomic E-state index is 11.5. The quantitative estimate of drug-likeness (QED) is 0.144. The van der Waals surface area contributed by atoms with E-state index in [1.165, 1.54) is 6.42 Å². The molecule has 0 aromatic heterocycles. The fourth-order valence-corrected chi connectivity index (χ4v) is 3.42. The van der Waals surface area contributed by atoms with E-state index in [0.29, 0.717) is 25.2 Å². The second kappa shape index (κ2) is 27.5. The van der Waals surface area contributed by atoms with E-state index in [1.54, 1.807) is 0 Å². The molecule has 0 N–H and O–H groups in total. The minimum atomic E-state index is -0.00891. The molecule has 0 aromatic carbocycles. The lowest BCUT2D eigenvalue weighted by molar-refractivity contribution is -0.127. The van der Waals surface area contributed by atoms with E-state index < -0.39 is 0 Å². The van der Waals surface area contributed by atoms with Crippen LogP contribution in [0.2, 0.25) is 0 Å². The van der Waals surface area contributed by atoms with Crippen LogP contribution in [0.25, 0.3) is 0 Å². The number of carbonyl (C=O) groups excluding carboxylic acids is 3. The van der Waals surface area contributed by atoms with E-state index in [0.717, 1.165) is 62.9 Å². The van der Waals surface area contributed by atoms with E-state index in [4.69, 9.17) is 9.47 Å². The molecule has 5 heteroatoms. The summed E-state index contributed by atoms with van der Waals surface area (Å²) < 4.78 is 10.9. The van der Waals surface area contributed by atoms with Crippen LogP contribution in [0.1, 0.15) is 134 Å². The van der Waals surface area contributed by atoms with Crippen molar-refractivity contribution in [2.75, 3.05) is 26.4 Å². The first-order valence-corrected chi connectivity index (χ1v) is 15.3. The van der Waals surface area contributed by atoms with Crippen LogP contribution in [0.4, 0.5) is 0 Å². The molecule has 0 amide bonds. The molecule has 0 atom stereocenters. The predicted molar refractivity (Wildman–Crippen MR) is 163 cm³/mol. The summed E-state index contributed by atoms with van der Waals surface area (Å²) in [6.07, 6.45) is 5.40. The van der Waals surface area contributed by atoms with Gasteiger partial charge in [0.1, 0.15) is 17.3 Å². The summed E-state index contributed by atoms with van der Waals surface area (Å²) >= 11 is 0. The van der Waals surface area contributed by atoms with Gasteiger partial charge in [-0.25, -0.2) is 0 Å². The van der Waals surface area contributed by atoms with Gasteiger partial charge in [-0.3, -0.25) is 14.4 Å². The lowest BCUT2D eigenvalue weighted by atomic mass is 9.99. The first-order valence-electron chi connectivity index (χ1n) is 15.3. The highest BCUT2D eigenvalue weighted by Crippen LogP contribution is 2.09. The van der Waals surface area contributed by atoms with Crippen LogP contribution in [0.15, 0.2) is 0 Å². The fraction of sp³-hybridized carbons (Fsp3) is 0.909. The molecular formula is C33H66O5. The van der Waals surface area contributed by atoms with Gasteiger partial charge in [0.25, 0.3) is 0 Å². The van der Waals surface area contributed by atoms with Gasteiger partial charge in [0.2, 0.25) is 0 Å². The number of ether oxygens (including phenoxy) is 2. The highest BCUT2D eigenvalue weighted by molar-refractivity contribution is 5.89. The Morgan fingerprint density at radius 2 is 0.868 bits per heavy atom. The lowest BCUT2D eigenvalue weighted by Crippen LogP contribution is -2.11. The van der Waals surface area contributed by atoms with Crippen molar-refractivity contribution in [3.63, 3.8) is 0 Å². The summed E-state index contributed by atoms with van der Waals surface area (Å²) in [6.45, 7) is 28.8. The van der Waals surface area contributed by atoms with Crippen molar-refractivity contribution < 1.29 is 23.9 Å². The average Bonchev–Trinajstić information content (AvgIpc) is 2.76. The molecule has 228 valence electrons. The molecule has 0 saturated carbocycles. The van der Waals surface area contributed by atoms with Crippen molar-refractivity contribution in [2.45, 2.75) is 134 Å². The molecule has 0 aliphatic carbocycles. The van der Waals surface area contributed by atoms with Gasteiger partial charge in [-0.2, -0.15) is 0 Å². The van der Waals surface area contributed by atoms with Crippen LogP contribution in [0.3, 0.4) is 0 Å². The summed E-state index contributed by atoms with van der Waals surface area (Å²) in [4.78, 5) is 34.2. The van der Waals surface area contributed by atoms with Crippen molar-refractivity contribution in [1.29, 1.82) is 0 Å². The smallest absolute Gasteiger partial charge is 0.135 e. The fourth-order valence-electron chi connectivity index (χ4n) is 3.42. The minimum absolute atomic E-state index is 0.00891. The molecule has 0 unspecified atom stereocenters. The average molecular weight is 543 g/mol. The number of Topliss-reactive ketones (excluding diaryl/α,β-unsaturated/α-hetero) is 3. The molecule has 0 aliphatic heterocycles. The molecule has 0 bridgehead atoms. The van der Waals surface area contributed by atoms with Crippen LogP contribution < -0.4 is 0 Å². The number of ketones is 3. The zero-order valence-electron chi connectivity index (χ0n) is 27.5. The molecule has 0 fully saturated rings. The van der Waals surface area contributed by atoms with Gasteiger partial charge in [0, 0.05) is 51.2 Å². The van der Waals surface area contributed by atoms with Gasteiger partial charge in [0.05, 0.1) is 13.2 Å². The number of carbonyl (C=O) groups is 3. The number of hydrogen-bond donors (Lipinski definition) is 0. The van der Waals surface area contributed by atoms with E-state index in [2.05, 4.69) is 55.4 Å². The van der Waals surface area contributed by atoms with Gasteiger partial charge in [-0.05, 0) is 48.9 Å². The first kappa shape index (κ1) is 41.4. The predicted octanol–water partition coefficient (Wildman–Crippen LogP) is 8.76. The monoisotopic (exact) mass is 542 g/mol. The zero-order chi connectivity index (χ0) is 30.1. The van der Waals surface area contributed by atoms with Crippen molar-refractivity contribution >= 4 is 17.3 Å². The SMILES string of the molecule is CC(C)CC(=O)CCC(=O)CCC(=O)C(C)C.CC(C)CC(C)C.CC(C)CCOCCOCCC(C)C. The van der Waals surface area contributed by atoms with Crippen molar-refractivity contribution in [1.82, 2.24) is 0 Å². The lowest BCUT2D eigenvalue weighted by Gasteiger charge is -2.08. The first-order chi connectivity index (χ1) is 17.6. The van der Waals surface area contributed by atoms with Crippen LogP contribution in [0, 0.1) is 35.5 Å². The Bertz CT molecular complexity index is 542. The Morgan fingerprint density at radius 3 is 1.18 bits per heavy atom. The molecule has 0 rings (SSSR count). The number of rotatable bonds is 20. The zero-order valence-corrected chi connectivity index (χ0v) is 27.5. The Hall–Kier alpha value is -1.07. The molecule has 0 heterocycles. The third kappa shape index (κ3) is 39.4. The van der Waals surface area contributed by atoms with Gasteiger partial charge < -0.3 is 9.47 Å². The summed E-state index contributed by atoms with van der Waals surface area (Å²) in [5.74, 6) is 3.84. The third-order valence-corrected chi connectivity index (χ3v) is 5.61. The van der Waals surface area contributed by atoms with Gasteiger partial charge in [0.15, 0.2) is 0 Å².